The van der Waals surface area contributed by atoms with E-state index in [4.69, 9.17) is 0 Å². The Kier molecular flexibility index (Phi) is 4.18. The van der Waals surface area contributed by atoms with E-state index in [9.17, 15) is 27.5 Å². The second-order valence-electron chi connectivity index (χ2n) is 6.89. The molecule has 1 saturated carbocycles. The number of aliphatic hydroxyl groups is 1. The molecule has 2 heterocycles. The molecular weight excluding hydrogens is 364 g/mol. The predicted molar refractivity (Wildman–Crippen MR) is 88.7 cm³/mol. The first-order valence-electron chi connectivity index (χ1n) is 8.54. The van der Waals surface area contributed by atoms with Crippen LogP contribution in [0.15, 0.2) is 36.7 Å². The highest BCUT2D eigenvalue weighted by atomic mass is 19.3. The van der Waals surface area contributed by atoms with E-state index in [1.807, 2.05) is 6.07 Å². The minimum atomic E-state index is -3.98. The van der Waals surface area contributed by atoms with Crippen LogP contribution >= 0.6 is 0 Å². The highest BCUT2D eigenvalue weighted by Gasteiger charge is 2.55. The molecule has 4 rings (SSSR count). The molecule has 1 amide bonds. The normalized spacial score (nSPS) is 19.5. The number of alkyl halides is 4. The summed E-state index contributed by atoms with van der Waals surface area (Å²) >= 11 is 0. The van der Waals surface area contributed by atoms with Gasteiger partial charge in [0.05, 0.1) is 17.8 Å². The number of hydrogen-bond acceptors (Lipinski definition) is 3. The van der Waals surface area contributed by atoms with Gasteiger partial charge in [0.25, 0.3) is 6.43 Å². The molecule has 1 aromatic heterocycles. The fourth-order valence-corrected chi connectivity index (χ4v) is 3.47. The summed E-state index contributed by atoms with van der Waals surface area (Å²) in [5, 5.41) is 9.64. The van der Waals surface area contributed by atoms with E-state index in [1.165, 1.54) is 18.3 Å². The Bertz CT molecular complexity index is 899. The van der Waals surface area contributed by atoms with E-state index in [1.54, 1.807) is 6.20 Å². The zero-order chi connectivity index (χ0) is 19.3. The Morgan fingerprint density at radius 1 is 1.26 bits per heavy atom. The summed E-state index contributed by atoms with van der Waals surface area (Å²) in [7, 11) is 0. The first-order valence-corrected chi connectivity index (χ1v) is 8.54. The smallest absolute Gasteiger partial charge is 0.352 e. The standard InChI is InChI=1S/C19H16F4N2O2/c20-17(21)16(26)13-2-1-3-14-15(13)19(22,23)18(27)25(14)9-10-6-12(8-24-7-10)11-4-5-11/h1-3,6-8,11,16-17,26H,4-5,9H2. The molecule has 0 radical (unpaired) electrons. The average Bonchev–Trinajstić information content (AvgIpc) is 3.47. The van der Waals surface area contributed by atoms with Gasteiger partial charge in [0, 0.05) is 12.4 Å². The van der Waals surface area contributed by atoms with E-state index < -0.39 is 35.5 Å². The van der Waals surface area contributed by atoms with Crippen LogP contribution in [0.4, 0.5) is 23.2 Å². The van der Waals surface area contributed by atoms with Crippen molar-refractivity contribution in [2.75, 3.05) is 4.90 Å². The Morgan fingerprint density at radius 3 is 2.67 bits per heavy atom. The van der Waals surface area contributed by atoms with Crippen molar-refractivity contribution in [3.8, 4) is 0 Å². The molecule has 2 aromatic rings. The molecule has 1 aromatic carbocycles. The van der Waals surface area contributed by atoms with Gasteiger partial charge in [-0.2, -0.15) is 8.78 Å². The summed E-state index contributed by atoms with van der Waals surface area (Å²) in [6.07, 6.45) is -0.332. The number of nitrogens with zero attached hydrogens (tertiary/aromatic N) is 2. The first-order chi connectivity index (χ1) is 12.8. The lowest BCUT2D eigenvalue weighted by Gasteiger charge is -2.18. The van der Waals surface area contributed by atoms with Crippen molar-refractivity contribution < 1.29 is 27.5 Å². The van der Waals surface area contributed by atoms with Crippen molar-refractivity contribution in [2.24, 2.45) is 0 Å². The minimum Gasteiger partial charge on any atom is -0.382 e. The second-order valence-corrected chi connectivity index (χ2v) is 6.89. The van der Waals surface area contributed by atoms with Gasteiger partial charge in [-0.3, -0.25) is 9.78 Å². The van der Waals surface area contributed by atoms with E-state index in [0.29, 0.717) is 11.5 Å². The summed E-state index contributed by atoms with van der Waals surface area (Å²) in [5.41, 5.74) is -0.0782. The Morgan fingerprint density at radius 2 is 2.00 bits per heavy atom. The third kappa shape index (κ3) is 2.97. The van der Waals surface area contributed by atoms with Crippen molar-refractivity contribution in [1.82, 2.24) is 4.98 Å². The monoisotopic (exact) mass is 380 g/mol. The third-order valence-corrected chi connectivity index (χ3v) is 4.96. The number of fused-ring (bicyclic) bond motifs is 1. The van der Waals surface area contributed by atoms with Gasteiger partial charge in [0.2, 0.25) is 0 Å². The van der Waals surface area contributed by atoms with Crippen molar-refractivity contribution in [2.45, 2.75) is 43.8 Å². The molecule has 0 bridgehead atoms. The van der Waals surface area contributed by atoms with Gasteiger partial charge in [0.15, 0.2) is 0 Å². The molecule has 2 aliphatic rings. The lowest BCUT2D eigenvalue weighted by atomic mass is 9.98. The van der Waals surface area contributed by atoms with Crippen LogP contribution in [0.25, 0.3) is 0 Å². The van der Waals surface area contributed by atoms with Crippen molar-refractivity contribution in [3.63, 3.8) is 0 Å². The molecule has 1 fully saturated rings. The number of aliphatic hydroxyl groups excluding tert-OH is 1. The second kappa shape index (κ2) is 6.30. The fourth-order valence-electron chi connectivity index (χ4n) is 3.47. The van der Waals surface area contributed by atoms with Crippen molar-refractivity contribution in [1.29, 1.82) is 0 Å². The number of halogens is 4. The summed E-state index contributed by atoms with van der Waals surface area (Å²) in [6, 6.07) is 5.37. The van der Waals surface area contributed by atoms with E-state index in [-0.39, 0.29) is 12.2 Å². The Balaban J connectivity index is 1.73. The Labute approximate surface area is 152 Å². The van der Waals surface area contributed by atoms with Gasteiger partial charge in [-0.15, -0.1) is 0 Å². The van der Waals surface area contributed by atoms with Crippen LogP contribution < -0.4 is 4.90 Å². The molecule has 8 heteroatoms. The van der Waals surface area contributed by atoms with Gasteiger partial charge in [-0.1, -0.05) is 18.2 Å². The van der Waals surface area contributed by atoms with Crippen molar-refractivity contribution >= 4 is 11.6 Å². The maximum absolute atomic E-state index is 14.6. The molecule has 1 N–H and O–H groups in total. The largest absolute Gasteiger partial charge is 0.382 e. The lowest BCUT2D eigenvalue weighted by molar-refractivity contribution is -0.142. The highest BCUT2D eigenvalue weighted by Crippen LogP contribution is 2.48. The van der Waals surface area contributed by atoms with Crippen LogP contribution in [0, 0.1) is 0 Å². The summed E-state index contributed by atoms with van der Waals surface area (Å²) in [4.78, 5) is 17.3. The number of benzene rings is 1. The summed E-state index contributed by atoms with van der Waals surface area (Å²) in [5.74, 6) is -5.07. The number of rotatable bonds is 5. The van der Waals surface area contributed by atoms with Crippen LogP contribution in [-0.4, -0.2) is 22.4 Å². The Hall–Kier alpha value is -2.48. The van der Waals surface area contributed by atoms with Crippen LogP contribution in [0.1, 0.15) is 47.1 Å². The first kappa shape index (κ1) is 17.9. The summed E-state index contributed by atoms with van der Waals surface area (Å²) in [6.45, 7) is -0.150. The number of carbonyl (C=O) groups is 1. The van der Waals surface area contributed by atoms with E-state index in [0.717, 1.165) is 29.4 Å². The molecule has 0 saturated heterocycles. The molecule has 142 valence electrons. The molecule has 4 nitrogen and oxygen atoms in total. The van der Waals surface area contributed by atoms with Crippen LogP contribution in [-0.2, 0) is 17.3 Å². The molecule has 1 atom stereocenters. The SMILES string of the molecule is O=C1N(Cc2cncc(C3CC3)c2)c2cccc(C(O)C(F)F)c2C1(F)F. The maximum Gasteiger partial charge on any atom is 0.352 e. The van der Waals surface area contributed by atoms with Gasteiger partial charge in [0.1, 0.15) is 6.10 Å². The molecular formula is C19H16F4N2O2. The number of aromatic nitrogens is 1. The molecule has 1 aliphatic carbocycles. The van der Waals surface area contributed by atoms with Gasteiger partial charge >= 0.3 is 11.8 Å². The topological polar surface area (TPSA) is 53.4 Å². The average molecular weight is 380 g/mol. The fraction of sp³-hybridized carbons (Fsp3) is 0.368. The number of anilines is 1. The van der Waals surface area contributed by atoms with Gasteiger partial charge in [-0.05, 0) is 41.5 Å². The molecule has 27 heavy (non-hydrogen) atoms. The summed E-state index contributed by atoms with van der Waals surface area (Å²) < 4.78 is 55.0. The zero-order valence-electron chi connectivity index (χ0n) is 14.1. The van der Waals surface area contributed by atoms with Crippen LogP contribution in [0.2, 0.25) is 0 Å². The maximum atomic E-state index is 14.6. The van der Waals surface area contributed by atoms with E-state index >= 15 is 0 Å². The van der Waals surface area contributed by atoms with E-state index in [2.05, 4.69) is 4.98 Å². The van der Waals surface area contributed by atoms with Crippen molar-refractivity contribution in [3.05, 3.63) is 58.9 Å². The molecule has 1 aliphatic heterocycles. The highest BCUT2D eigenvalue weighted by molar-refractivity contribution is 6.06. The number of carbonyl (C=O) groups excluding carboxylic acids is 1. The lowest BCUT2D eigenvalue weighted by Crippen LogP contribution is -2.34. The number of amides is 1. The van der Waals surface area contributed by atoms with Gasteiger partial charge in [-0.25, -0.2) is 8.78 Å². The molecule has 0 spiro atoms. The number of hydrogen-bond donors (Lipinski definition) is 1. The molecule has 1 unspecified atom stereocenters. The minimum absolute atomic E-state index is 0.150. The van der Waals surface area contributed by atoms with Gasteiger partial charge < -0.3 is 10.0 Å². The third-order valence-electron chi connectivity index (χ3n) is 4.96. The van der Waals surface area contributed by atoms with Crippen LogP contribution in [0.5, 0.6) is 0 Å². The quantitative estimate of drug-likeness (QED) is 0.801. The van der Waals surface area contributed by atoms with Crippen LogP contribution in [0.3, 0.4) is 0 Å². The predicted octanol–water partition coefficient (Wildman–Crippen LogP) is 3.90. The number of pyridine rings is 1. The zero-order valence-corrected chi connectivity index (χ0v) is 14.1.